The summed E-state index contributed by atoms with van der Waals surface area (Å²) in [6.45, 7) is 11.9. The minimum Gasteiger partial charge on any atom is -0.670 e. The molecule has 2 nitrogen and oxygen atoms in total. The van der Waals surface area contributed by atoms with Crippen LogP contribution in [0.5, 0.6) is 0 Å². The fraction of sp³-hybridized carbons (Fsp3) is 0.235. The average Bonchev–Trinajstić information content (AvgIpc) is 3.19. The van der Waals surface area contributed by atoms with Crippen LogP contribution in [0, 0.1) is 38.5 Å². The third-order valence-electron chi connectivity index (χ3n) is 10.5. The predicted molar refractivity (Wildman–Crippen MR) is 233 cm³/mol. The van der Waals surface area contributed by atoms with E-state index in [0.29, 0.717) is 0 Å². The van der Waals surface area contributed by atoms with E-state index in [1.54, 1.807) is 0 Å². The Labute approximate surface area is 352 Å². The maximum atomic E-state index is 5.80. The molecule has 0 N–H and O–H groups in total. The van der Waals surface area contributed by atoms with Gasteiger partial charge in [-0.05, 0) is 47.6 Å². The van der Waals surface area contributed by atoms with E-state index < -0.39 is 7.92 Å². The number of benzene rings is 6. The quantitative estimate of drug-likeness (QED) is 0.0827. The standard InChI is InChI=1S/C30H33N2P.3C7H7.Hf/c1-4-10-23(11-5-1)22-31-29(32-30-19-24-16-25(20-30)18-26(17-24)21-30)33(27-12-6-2-7-13-27)28-14-8-3-9-15-28;3*1-7-5-3-2-4-6-7;/h1-15,24-26,29H,16-22H2;3*2-6H,1H2;/q-2;3*-1;. The SMILES string of the molecule is [CH2-]c1ccccc1.[CH2-]c1ccccc1.[CH2-]c1ccccc1.[Hf].c1ccc(C[N-]C([N-]C23CC4CC(CC(C4)C2)C3)P(c2ccccc2)c2ccccc2)cc1. The molecule has 0 amide bonds. The van der Waals surface area contributed by atoms with Crippen LogP contribution in [0.25, 0.3) is 10.6 Å². The van der Waals surface area contributed by atoms with E-state index in [9.17, 15) is 0 Å². The molecule has 1 unspecified atom stereocenters. The Morgan fingerprint density at radius 2 is 0.782 bits per heavy atom. The Morgan fingerprint density at radius 1 is 0.473 bits per heavy atom. The molecule has 55 heavy (non-hydrogen) atoms. The van der Waals surface area contributed by atoms with Gasteiger partial charge in [-0.1, -0.05) is 142 Å². The molecule has 1 atom stereocenters. The van der Waals surface area contributed by atoms with Crippen LogP contribution in [0.3, 0.4) is 0 Å². The van der Waals surface area contributed by atoms with Crippen molar-refractivity contribution in [2.75, 3.05) is 0 Å². The van der Waals surface area contributed by atoms with E-state index in [2.05, 4.69) is 112 Å². The fourth-order valence-corrected chi connectivity index (χ4v) is 10.9. The van der Waals surface area contributed by atoms with Gasteiger partial charge in [0.15, 0.2) is 0 Å². The van der Waals surface area contributed by atoms with Crippen molar-refractivity contribution in [2.45, 2.75) is 56.5 Å². The van der Waals surface area contributed by atoms with E-state index in [1.807, 2.05) is 91.0 Å². The molecule has 10 rings (SSSR count). The van der Waals surface area contributed by atoms with Gasteiger partial charge in [0, 0.05) is 25.8 Å². The van der Waals surface area contributed by atoms with Crippen LogP contribution >= 0.6 is 7.92 Å². The van der Waals surface area contributed by atoms with Gasteiger partial charge < -0.3 is 10.6 Å². The van der Waals surface area contributed by atoms with Gasteiger partial charge in [-0.3, -0.25) is 0 Å². The van der Waals surface area contributed by atoms with Crippen molar-refractivity contribution < 1.29 is 25.8 Å². The third kappa shape index (κ3) is 13.4. The zero-order chi connectivity index (χ0) is 37.4. The molecule has 0 spiro atoms. The monoisotopic (exact) mass is 905 g/mol. The second-order valence-electron chi connectivity index (χ2n) is 14.9. The summed E-state index contributed by atoms with van der Waals surface area (Å²) < 4.78 is 0. The summed E-state index contributed by atoms with van der Waals surface area (Å²) in [5, 5.41) is 14.0. The number of nitrogens with zero attached hydrogens (tertiary/aromatic N) is 2. The van der Waals surface area contributed by atoms with Gasteiger partial charge in [-0.15, -0.1) is 48.5 Å². The number of hydrogen-bond donors (Lipinski definition) is 0. The van der Waals surface area contributed by atoms with Gasteiger partial charge >= 0.3 is 0 Å². The van der Waals surface area contributed by atoms with Crippen molar-refractivity contribution in [1.29, 1.82) is 0 Å². The Balaban J connectivity index is 0.000000213. The first-order valence-corrected chi connectivity index (χ1v) is 20.8. The molecule has 0 saturated heterocycles. The van der Waals surface area contributed by atoms with Crippen molar-refractivity contribution >= 4 is 18.5 Å². The first kappa shape index (κ1) is 42.3. The summed E-state index contributed by atoms with van der Waals surface area (Å²) >= 11 is 0. The van der Waals surface area contributed by atoms with Crippen LogP contribution in [0.2, 0.25) is 0 Å². The van der Waals surface area contributed by atoms with Crippen LogP contribution in [-0.4, -0.2) is 11.4 Å². The largest absolute Gasteiger partial charge is 0.670 e. The van der Waals surface area contributed by atoms with E-state index in [-0.39, 0.29) is 37.3 Å². The normalized spacial score (nSPS) is 20.6. The first-order chi connectivity index (χ1) is 26.4. The Kier molecular flexibility index (Phi) is 16.9. The number of hydrogen-bond acceptors (Lipinski definition) is 0. The minimum atomic E-state index is -0.696. The van der Waals surface area contributed by atoms with Crippen molar-refractivity contribution in [3.63, 3.8) is 0 Å². The van der Waals surface area contributed by atoms with Gasteiger partial charge in [0.1, 0.15) is 0 Å². The van der Waals surface area contributed by atoms with E-state index >= 15 is 0 Å². The Bertz CT molecular complexity index is 1730. The molecular formula is C51H54HfN2P-5. The van der Waals surface area contributed by atoms with E-state index in [0.717, 1.165) is 41.0 Å². The van der Waals surface area contributed by atoms with Gasteiger partial charge in [-0.25, -0.2) is 5.91 Å². The molecule has 0 aliphatic heterocycles. The van der Waals surface area contributed by atoms with Crippen LogP contribution in [0.1, 0.15) is 60.8 Å². The molecule has 282 valence electrons. The molecule has 4 aliphatic rings. The summed E-state index contributed by atoms with van der Waals surface area (Å²) in [6, 6.07) is 62.4. The molecule has 4 bridgehead atoms. The first-order valence-electron chi connectivity index (χ1n) is 19.4. The van der Waals surface area contributed by atoms with Crippen LogP contribution in [0.15, 0.2) is 182 Å². The molecular weight excluding hydrogens is 850 g/mol. The molecule has 4 aliphatic carbocycles. The maximum Gasteiger partial charge on any atom is 0 e. The summed E-state index contributed by atoms with van der Waals surface area (Å²) in [6.07, 6.45) is 8.24. The topological polar surface area (TPSA) is 28.2 Å². The Hall–Kier alpha value is -3.85. The summed E-state index contributed by atoms with van der Waals surface area (Å²) in [4.78, 5) is 0. The Morgan fingerprint density at radius 3 is 1.09 bits per heavy atom. The van der Waals surface area contributed by atoms with Crippen molar-refractivity contribution in [1.82, 2.24) is 0 Å². The summed E-state index contributed by atoms with van der Waals surface area (Å²) in [5.74, 6) is 2.69. The second-order valence-corrected chi connectivity index (χ2v) is 17.2. The average molecular weight is 904 g/mol. The minimum absolute atomic E-state index is 0. The van der Waals surface area contributed by atoms with Crippen molar-refractivity contribution in [2.24, 2.45) is 17.8 Å². The van der Waals surface area contributed by atoms with Gasteiger partial charge in [-0.2, -0.15) is 73.9 Å². The van der Waals surface area contributed by atoms with Crippen molar-refractivity contribution in [3.8, 4) is 0 Å². The van der Waals surface area contributed by atoms with Gasteiger partial charge in [0.25, 0.3) is 0 Å². The van der Waals surface area contributed by atoms with Gasteiger partial charge in [0.05, 0.1) is 0 Å². The third-order valence-corrected chi connectivity index (χ3v) is 13.0. The van der Waals surface area contributed by atoms with Crippen LogP contribution in [-0.2, 0) is 32.4 Å². The smallest absolute Gasteiger partial charge is 0 e. The molecule has 4 fully saturated rings. The zero-order valence-electron chi connectivity index (χ0n) is 32.0. The van der Waals surface area contributed by atoms with Crippen LogP contribution < -0.4 is 10.6 Å². The molecule has 6 aromatic carbocycles. The van der Waals surface area contributed by atoms with Crippen LogP contribution in [0.4, 0.5) is 0 Å². The predicted octanol–water partition coefficient (Wildman–Crippen LogP) is 12.9. The van der Waals surface area contributed by atoms with Gasteiger partial charge in [0.2, 0.25) is 0 Å². The molecule has 0 heterocycles. The summed E-state index contributed by atoms with van der Waals surface area (Å²) in [5.41, 5.74) is 4.65. The molecule has 4 heteroatoms. The summed E-state index contributed by atoms with van der Waals surface area (Å²) in [7, 11) is -0.696. The molecule has 0 radical (unpaired) electrons. The van der Waals surface area contributed by atoms with Crippen molar-refractivity contribution in [3.05, 3.63) is 236 Å². The zero-order valence-corrected chi connectivity index (χ0v) is 36.5. The second kappa shape index (κ2) is 22.0. The number of rotatable bonds is 8. The molecule has 6 aromatic rings. The maximum absolute atomic E-state index is 5.80. The van der Waals surface area contributed by atoms with E-state index in [4.69, 9.17) is 10.6 Å². The fourth-order valence-electron chi connectivity index (χ4n) is 8.45. The van der Waals surface area contributed by atoms with E-state index in [1.165, 1.54) is 54.7 Å². The molecule has 4 saturated carbocycles. The molecule has 0 aromatic heterocycles.